The molecule has 1 aliphatic heterocycles. The molecule has 0 radical (unpaired) electrons. The van der Waals surface area contributed by atoms with Crippen molar-refractivity contribution in [3.8, 4) is 0 Å². The van der Waals surface area contributed by atoms with E-state index in [-0.39, 0.29) is 0 Å². The molecule has 3 heteroatoms. The van der Waals surface area contributed by atoms with Crippen molar-refractivity contribution in [2.45, 2.75) is 32.6 Å². The first kappa shape index (κ1) is 9.97. The van der Waals surface area contributed by atoms with Gasteiger partial charge in [0.2, 0.25) is 5.91 Å². The van der Waals surface area contributed by atoms with Gasteiger partial charge in [-0.15, -0.1) is 0 Å². The highest BCUT2D eigenvalue weighted by Crippen LogP contribution is 2.50. The molecule has 2 aliphatic rings. The van der Waals surface area contributed by atoms with Gasteiger partial charge < -0.3 is 10.2 Å². The Morgan fingerprint density at radius 2 is 2.29 bits per heavy atom. The molecule has 2 rings (SSSR count). The molecule has 3 nitrogen and oxygen atoms in total. The van der Waals surface area contributed by atoms with Crippen LogP contribution in [0, 0.1) is 5.41 Å². The number of rotatable bonds is 4. The summed E-state index contributed by atoms with van der Waals surface area (Å²) in [5, 5.41) is 3.11. The lowest BCUT2D eigenvalue weighted by molar-refractivity contribution is -0.132. The average molecular weight is 196 g/mol. The first-order valence-corrected chi connectivity index (χ1v) is 5.74. The highest BCUT2D eigenvalue weighted by Gasteiger charge is 2.43. The van der Waals surface area contributed by atoms with Crippen LogP contribution in [0.25, 0.3) is 0 Å². The van der Waals surface area contributed by atoms with Crippen LogP contribution in [0.5, 0.6) is 0 Å². The van der Waals surface area contributed by atoms with E-state index in [0.717, 1.165) is 19.6 Å². The number of hydrogen-bond acceptors (Lipinski definition) is 2. The minimum atomic E-state index is 0.290. The van der Waals surface area contributed by atoms with Crippen LogP contribution in [0.15, 0.2) is 0 Å². The van der Waals surface area contributed by atoms with Crippen molar-refractivity contribution in [2.24, 2.45) is 5.41 Å². The van der Waals surface area contributed by atoms with E-state index in [4.69, 9.17) is 0 Å². The molecule has 0 aromatic heterocycles. The van der Waals surface area contributed by atoms with Crippen molar-refractivity contribution in [1.82, 2.24) is 10.2 Å². The molecule has 2 fully saturated rings. The van der Waals surface area contributed by atoms with Gasteiger partial charge in [-0.05, 0) is 24.7 Å². The van der Waals surface area contributed by atoms with Crippen molar-refractivity contribution in [3.63, 3.8) is 0 Å². The van der Waals surface area contributed by atoms with Crippen molar-refractivity contribution in [1.29, 1.82) is 0 Å². The molecular weight excluding hydrogens is 176 g/mol. The van der Waals surface area contributed by atoms with Crippen LogP contribution in [-0.4, -0.2) is 37.0 Å². The zero-order valence-corrected chi connectivity index (χ0v) is 9.01. The quantitative estimate of drug-likeness (QED) is 0.727. The molecule has 1 saturated carbocycles. The predicted octanol–water partition coefficient (Wildman–Crippen LogP) is 0.998. The summed E-state index contributed by atoms with van der Waals surface area (Å²) < 4.78 is 0. The van der Waals surface area contributed by atoms with E-state index in [1.807, 2.05) is 0 Å². The monoisotopic (exact) mass is 196 g/mol. The highest BCUT2D eigenvalue weighted by atomic mass is 16.2. The summed E-state index contributed by atoms with van der Waals surface area (Å²) in [6.45, 7) is 5.67. The molecule has 0 spiro atoms. The Hall–Kier alpha value is -0.570. The molecule has 1 amide bonds. The van der Waals surface area contributed by atoms with Crippen LogP contribution in [-0.2, 0) is 4.79 Å². The highest BCUT2D eigenvalue weighted by molar-refractivity contribution is 5.79. The Balaban J connectivity index is 1.86. The maximum absolute atomic E-state index is 11.6. The van der Waals surface area contributed by atoms with E-state index in [0.29, 0.717) is 17.9 Å². The van der Waals surface area contributed by atoms with Crippen LogP contribution in [0.3, 0.4) is 0 Å². The van der Waals surface area contributed by atoms with Gasteiger partial charge in [-0.25, -0.2) is 0 Å². The van der Waals surface area contributed by atoms with Gasteiger partial charge in [0.25, 0.3) is 0 Å². The van der Waals surface area contributed by atoms with Crippen molar-refractivity contribution >= 4 is 5.91 Å². The molecule has 1 aliphatic carbocycles. The number of nitrogens with zero attached hydrogens (tertiary/aromatic N) is 1. The van der Waals surface area contributed by atoms with E-state index in [9.17, 15) is 4.79 Å². The first-order chi connectivity index (χ1) is 6.76. The maximum Gasteiger partial charge on any atom is 0.236 e. The van der Waals surface area contributed by atoms with E-state index in [1.165, 1.54) is 25.7 Å². The van der Waals surface area contributed by atoms with Gasteiger partial charge >= 0.3 is 0 Å². The predicted molar refractivity (Wildman–Crippen MR) is 56.0 cm³/mol. The fraction of sp³-hybridized carbons (Fsp3) is 0.909. The smallest absolute Gasteiger partial charge is 0.236 e. The minimum Gasteiger partial charge on any atom is -0.340 e. The van der Waals surface area contributed by atoms with Gasteiger partial charge in [-0.2, -0.15) is 0 Å². The molecule has 80 valence electrons. The Kier molecular flexibility index (Phi) is 2.77. The fourth-order valence-electron chi connectivity index (χ4n) is 2.41. The molecule has 1 N–H and O–H groups in total. The lowest BCUT2D eigenvalue weighted by Gasteiger charge is -2.31. The van der Waals surface area contributed by atoms with Crippen LogP contribution in [0.2, 0.25) is 0 Å². The third-order valence-corrected chi connectivity index (χ3v) is 3.45. The fourth-order valence-corrected chi connectivity index (χ4v) is 2.41. The van der Waals surface area contributed by atoms with Crippen LogP contribution < -0.4 is 5.32 Å². The summed E-state index contributed by atoms with van der Waals surface area (Å²) in [5.74, 6) is 0.290. The van der Waals surface area contributed by atoms with Crippen molar-refractivity contribution in [2.75, 3.05) is 26.2 Å². The molecule has 1 saturated heterocycles. The second-order valence-corrected chi connectivity index (χ2v) is 4.74. The van der Waals surface area contributed by atoms with Crippen molar-refractivity contribution < 1.29 is 4.79 Å². The van der Waals surface area contributed by atoms with Gasteiger partial charge in [0.1, 0.15) is 0 Å². The molecule has 0 aromatic rings. The molecular formula is C11H20N2O. The summed E-state index contributed by atoms with van der Waals surface area (Å²) >= 11 is 0. The third kappa shape index (κ3) is 2.08. The number of nitrogens with one attached hydrogen (secondary N) is 1. The summed E-state index contributed by atoms with van der Waals surface area (Å²) in [4.78, 5) is 13.6. The zero-order valence-electron chi connectivity index (χ0n) is 9.01. The van der Waals surface area contributed by atoms with Gasteiger partial charge in [-0.1, -0.05) is 13.3 Å². The van der Waals surface area contributed by atoms with Crippen LogP contribution >= 0.6 is 0 Å². The average Bonchev–Trinajstić information content (AvgIpc) is 2.90. The normalized spacial score (nSPS) is 25.2. The van der Waals surface area contributed by atoms with E-state index in [2.05, 4.69) is 17.1 Å². The number of piperazine rings is 1. The SMILES string of the molecule is CCCC1(CN2CCNCC2=O)CC1. The van der Waals surface area contributed by atoms with Gasteiger partial charge in [-0.3, -0.25) is 4.79 Å². The molecule has 14 heavy (non-hydrogen) atoms. The van der Waals surface area contributed by atoms with Crippen LogP contribution in [0.4, 0.5) is 0 Å². The van der Waals surface area contributed by atoms with Gasteiger partial charge in [0.05, 0.1) is 6.54 Å². The van der Waals surface area contributed by atoms with E-state index in [1.54, 1.807) is 0 Å². The standard InChI is InChI=1S/C11H20N2O/c1-2-3-11(4-5-11)9-13-7-6-12-8-10(13)14/h12H,2-9H2,1H3. The molecule has 0 atom stereocenters. The summed E-state index contributed by atoms with van der Waals surface area (Å²) in [6, 6.07) is 0. The van der Waals surface area contributed by atoms with Gasteiger partial charge in [0, 0.05) is 19.6 Å². The summed E-state index contributed by atoms with van der Waals surface area (Å²) in [6.07, 6.45) is 5.21. The third-order valence-electron chi connectivity index (χ3n) is 3.45. The largest absolute Gasteiger partial charge is 0.340 e. The van der Waals surface area contributed by atoms with E-state index < -0.39 is 0 Å². The van der Waals surface area contributed by atoms with E-state index >= 15 is 0 Å². The first-order valence-electron chi connectivity index (χ1n) is 5.74. The molecule has 0 unspecified atom stereocenters. The Bertz CT molecular complexity index is 223. The minimum absolute atomic E-state index is 0.290. The lowest BCUT2D eigenvalue weighted by Crippen LogP contribution is -2.49. The second kappa shape index (κ2) is 3.89. The maximum atomic E-state index is 11.6. The number of hydrogen-bond donors (Lipinski definition) is 1. The molecule has 1 heterocycles. The van der Waals surface area contributed by atoms with Gasteiger partial charge in [0.15, 0.2) is 0 Å². The Morgan fingerprint density at radius 1 is 1.50 bits per heavy atom. The Labute approximate surface area is 85.8 Å². The summed E-state index contributed by atoms with van der Waals surface area (Å²) in [7, 11) is 0. The Morgan fingerprint density at radius 3 is 2.86 bits per heavy atom. The van der Waals surface area contributed by atoms with Crippen LogP contribution in [0.1, 0.15) is 32.6 Å². The summed E-state index contributed by atoms with van der Waals surface area (Å²) in [5.41, 5.74) is 0.516. The molecule has 0 bridgehead atoms. The number of carbonyl (C=O) groups is 1. The zero-order chi connectivity index (χ0) is 10.0. The topological polar surface area (TPSA) is 32.3 Å². The number of carbonyl (C=O) groups excluding carboxylic acids is 1. The second-order valence-electron chi connectivity index (χ2n) is 4.74. The lowest BCUT2D eigenvalue weighted by atomic mass is 10.00. The molecule has 0 aromatic carbocycles. The van der Waals surface area contributed by atoms with Crippen molar-refractivity contribution in [3.05, 3.63) is 0 Å². The number of amides is 1.